The first-order valence-electron chi connectivity index (χ1n) is 5.01. The molecule has 5 heteroatoms. The molecule has 4 nitrogen and oxygen atoms in total. The highest BCUT2D eigenvalue weighted by Gasteiger charge is 2.06. The average Bonchev–Trinajstić information content (AvgIpc) is 2.28. The molecule has 0 aliphatic heterocycles. The van der Waals surface area contributed by atoms with Crippen LogP contribution in [0.1, 0.15) is 5.69 Å². The minimum Gasteiger partial charge on any atom is -0.493 e. The third-order valence-electron chi connectivity index (χ3n) is 2.09. The van der Waals surface area contributed by atoms with Crippen LogP contribution in [0.4, 0.5) is 0 Å². The van der Waals surface area contributed by atoms with Gasteiger partial charge in [-0.05, 0) is 30.7 Å². The molecule has 0 radical (unpaired) electrons. The van der Waals surface area contributed by atoms with E-state index in [0.29, 0.717) is 17.4 Å². The van der Waals surface area contributed by atoms with Crippen LogP contribution in [0.25, 0.3) is 0 Å². The van der Waals surface area contributed by atoms with Gasteiger partial charge >= 0.3 is 0 Å². The maximum Gasteiger partial charge on any atom is 0.225 e. The Kier molecular flexibility index (Phi) is 3.44. The summed E-state index contributed by atoms with van der Waals surface area (Å²) in [4.78, 5) is 7.94. The van der Waals surface area contributed by atoms with Crippen molar-refractivity contribution in [1.82, 2.24) is 9.97 Å². The van der Waals surface area contributed by atoms with Gasteiger partial charge in [0.25, 0.3) is 0 Å². The van der Waals surface area contributed by atoms with E-state index in [0.717, 1.165) is 5.69 Å². The zero-order valence-electron chi connectivity index (χ0n) is 9.48. The molecule has 88 valence electrons. The first-order chi connectivity index (χ1) is 8.19. The molecule has 1 aromatic heterocycles. The molecule has 0 fully saturated rings. The number of nitrogens with zero attached hydrogens (tertiary/aromatic N) is 2. The van der Waals surface area contributed by atoms with E-state index in [4.69, 9.17) is 21.1 Å². The van der Waals surface area contributed by atoms with E-state index in [-0.39, 0.29) is 5.28 Å². The number of benzene rings is 1. The van der Waals surface area contributed by atoms with Gasteiger partial charge in [0.2, 0.25) is 11.2 Å². The maximum atomic E-state index is 5.76. The third-order valence-corrected chi connectivity index (χ3v) is 2.26. The van der Waals surface area contributed by atoms with E-state index in [1.165, 1.54) is 0 Å². The highest BCUT2D eigenvalue weighted by Crippen LogP contribution is 2.30. The van der Waals surface area contributed by atoms with Crippen LogP contribution >= 0.6 is 11.6 Å². The van der Waals surface area contributed by atoms with Crippen molar-refractivity contribution in [2.24, 2.45) is 0 Å². The molecule has 17 heavy (non-hydrogen) atoms. The number of hydrogen-bond acceptors (Lipinski definition) is 4. The number of para-hydroxylation sites is 2. The van der Waals surface area contributed by atoms with E-state index in [1.54, 1.807) is 19.2 Å². The summed E-state index contributed by atoms with van der Waals surface area (Å²) in [5.74, 6) is 1.62. The largest absolute Gasteiger partial charge is 0.493 e. The lowest BCUT2D eigenvalue weighted by Crippen LogP contribution is -1.94. The van der Waals surface area contributed by atoms with Crippen LogP contribution < -0.4 is 9.47 Å². The first kappa shape index (κ1) is 11.7. The van der Waals surface area contributed by atoms with E-state index in [9.17, 15) is 0 Å². The van der Waals surface area contributed by atoms with Gasteiger partial charge in [-0.2, -0.15) is 4.98 Å². The Morgan fingerprint density at radius 3 is 2.47 bits per heavy atom. The number of halogens is 1. The summed E-state index contributed by atoms with van der Waals surface area (Å²) in [5.41, 5.74) is 0.745. The molecule has 0 aliphatic rings. The molecule has 0 amide bonds. The quantitative estimate of drug-likeness (QED) is 0.785. The van der Waals surface area contributed by atoms with Crippen LogP contribution in [0.15, 0.2) is 30.3 Å². The van der Waals surface area contributed by atoms with Crippen molar-refractivity contribution in [3.8, 4) is 17.4 Å². The summed E-state index contributed by atoms with van der Waals surface area (Å²) >= 11 is 5.76. The zero-order valence-corrected chi connectivity index (χ0v) is 10.2. The minimum atomic E-state index is 0.162. The summed E-state index contributed by atoms with van der Waals surface area (Å²) in [6, 6.07) is 9.03. The predicted octanol–water partition coefficient (Wildman–Crippen LogP) is 3.24. The number of hydrogen-bond donors (Lipinski definition) is 0. The van der Waals surface area contributed by atoms with Crippen LogP contribution in [-0.2, 0) is 0 Å². The van der Waals surface area contributed by atoms with Crippen molar-refractivity contribution >= 4 is 11.6 Å². The van der Waals surface area contributed by atoms with Gasteiger partial charge in [0.1, 0.15) is 0 Å². The van der Waals surface area contributed by atoms with Gasteiger partial charge in [0.15, 0.2) is 11.5 Å². The molecule has 0 N–H and O–H groups in total. The molecule has 2 aromatic rings. The lowest BCUT2D eigenvalue weighted by Gasteiger charge is -2.09. The van der Waals surface area contributed by atoms with Gasteiger partial charge < -0.3 is 9.47 Å². The van der Waals surface area contributed by atoms with Gasteiger partial charge in [0, 0.05) is 11.8 Å². The summed E-state index contributed by atoms with van der Waals surface area (Å²) in [6.07, 6.45) is 0. The third kappa shape index (κ3) is 2.85. The summed E-state index contributed by atoms with van der Waals surface area (Å²) in [7, 11) is 1.58. The summed E-state index contributed by atoms with van der Waals surface area (Å²) in [6.45, 7) is 1.82. The smallest absolute Gasteiger partial charge is 0.225 e. The Balaban J connectivity index is 2.31. The molecular formula is C12H11ClN2O2. The lowest BCUT2D eigenvalue weighted by atomic mass is 10.3. The van der Waals surface area contributed by atoms with E-state index in [2.05, 4.69) is 9.97 Å². The number of ether oxygens (including phenoxy) is 2. The standard InChI is InChI=1S/C12H11ClN2O2/c1-8-7-11(15-12(13)14-8)17-10-6-4-3-5-9(10)16-2/h3-7H,1-2H3. The number of rotatable bonds is 3. The minimum absolute atomic E-state index is 0.162. The van der Waals surface area contributed by atoms with Crippen molar-refractivity contribution in [2.75, 3.05) is 7.11 Å². The van der Waals surface area contributed by atoms with Gasteiger partial charge in [-0.1, -0.05) is 12.1 Å². The Bertz CT molecular complexity index is 511. The number of aromatic nitrogens is 2. The molecule has 0 unspecified atom stereocenters. The SMILES string of the molecule is COc1ccccc1Oc1cc(C)nc(Cl)n1. The average molecular weight is 251 g/mol. The van der Waals surface area contributed by atoms with Crippen LogP contribution in [0.2, 0.25) is 5.28 Å². The fraction of sp³-hybridized carbons (Fsp3) is 0.167. The Morgan fingerprint density at radius 1 is 1.12 bits per heavy atom. The second-order valence-corrected chi connectivity index (χ2v) is 3.71. The highest BCUT2D eigenvalue weighted by atomic mass is 35.5. The van der Waals surface area contributed by atoms with Gasteiger partial charge in [-0.15, -0.1) is 0 Å². The van der Waals surface area contributed by atoms with Crippen molar-refractivity contribution in [3.05, 3.63) is 41.3 Å². The second-order valence-electron chi connectivity index (χ2n) is 3.37. The zero-order chi connectivity index (χ0) is 12.3. The fourth-order valence-electron chi connectivity index (χ4n) is 1.37. The second kappa shape index (κ2) is 5.01. The summed E-state index contributed by atoms with van der Waals surface area (Å²) < 4.78 is 10.8. The lowest BCUT2D eigenvalue weighted by molar-refractivity contribution is 0.374. The van der Waals surface area contributed by atoms with Crippen LogP contribution in [-0.4, -0.2) is 17.1 Å². The van der Waals surface area contributed by atoms with Gasteiger partial charge in [-0.25, -0.2) is 4.98 Å². The Labute approximate surface area is 104 Å². The van der Waals surface area contributed by atoms with Crippen molar-refractivity contribution < 1.29 is 9.47 Å². The molecule has 0 aliphatic carbocycles. The molecule has 0 bridgehead atoms. The first-order valence-corrected chi connectivity index (χ1v) is 5.39. The molecule has 1 aromatic carbocycles. The normalized spacial score (nSPS) is 10.1. The molecule has 1 heterocycles. The molecule has 0 saturated carbocycles. The Morgan fingerprint density at radius 2 is 1.82 bits per heavy atom. The van der Waals surface area contributed by atoms with Crippen LogP contribution in [0.3, 0.4) is 0 Å². The van der Waals surface area contributed by atoms with Crippen LogP contribution in [0, 0.1) is 6.92 Å². The number of aryl methyl sites for hydroxylation is 1. The topological polar surface area (TPSA) is 44.2 Å². The molecule has 0 spiro atoms. The highest BCUT2D eigenvalue weighted by molar-refractivity contribution is 6.28. The van der Waals surface area contributed by atoms with Crippen molar-refractivity contribution in [1.29, 1.82) is 0 Å². The van der Waals surface area contributed by atoms with Gasteiger partial charge in [-0.3, -0.25) is 0 Å². The molecule has 2 rings (SSSR count). The van der Waals surface area contributed by atoms with Gasteiger partial charge in [0.05, 0.1) is 7.11 Å². The van der Waals surface area contributed by atoms with Crippen molar-refractivity contribution in [2.45, 2.75) is 6.92 Å². The fourth-order valence-corrected chi connectivity index (χ4v) is 1.59. The van der Waals surface area contributed by atoms with Crippen LogP contribution in [0.5, 0.6) is 17.4 Å². The molecule has 0 saturated heterocycles. The van der Waals surface area contributed by atoms with E-state index >= 15 is 0 Å². The predicted molar refractivity (Wildman–Crippen MR) is 64.8 cm³/mol. The Hall–Kier alpha value is -1.81. The van der Waals surface area contributed by atoms with E-state index in [1.807, 2.05) is 25.1 Å². The van der Waals surface area contributed by atoms with Crippen molar-refractivity contribution in [3.63, 3.8) is 0 Å². The number of methoxy groups -OCH3 is 1. The van der Waals surface area contributed by atoms with E-state index < -0.39 is 0 Å². The maximum absolute atomic E-state index is 5.76. The summed E-state index contributed by atoms with van der Waals surface area (Å²) in [5, 5.41) is 0.162. The molecule has 0 atom stereocenters. The molecular weight excluding hydrogens is 240 g/mol. The monoisotopic (exact) mass is 250 g/mol.